The van der Waals surface area contributed by atoms with Gasteiger partial charge in [-0.15, -0.1) is 0 Å². The number of nitrogens with one attached hydrogen (secondary N) is 1. The van der Waals surface area contributed by atoms with Crippen molar-refractivity contribution in [1.82, 2.24) is 14.5 Å². The van der Waals surface area contributed by atoms with E-state index in [1.54, 1.807) is 29.0 Å². The summed E-state index contributed by atoms with van der Waals surface area (Å²) < 4.78 is 40.4. The summed E-state index contributed by atoms with van der Waals surface area (Å²) in [5.74, 6) is 0.543. The normalized spacial score (nSPS) is 24.3. The van der Waals surface area contributed by atoms with Crippen molar-refractivity contribution in [1.29, 1.82) is 0 Å². The molecule has 1 saturated heterocycles. The molecule has 1 aliphatic heterocycles. The minimum atomic E-state index is -4.29. The first-order valence-corrected chi connectivity index (χ1v) is 9.89. The Bertz CT molecular complexity index is 966. The minimum absolute atomic E-state index is 0.0370. The molecule has 1 N–H and O–H groups in total. The molecule has 28 heavy (non-hydrogen) atoms. The van der Waals surface area contributed by atoms with Crippen LogP contribution in [0.4, 0.5) is 13.2 Å². The molecule has 4 rings (SSSR count). The summed E-state index contributed by atoms with van der Waals surface area (Å²) in [6.07, 6.45) is 0.350. The molecule has 0 amide bonds. The van der Waals surface area contributed by atoms with Crippen LogP contribution in [-0.4, -0.2) is 34.1 Å². The second-order valence-electron chi connectivity index (χ2n) is 7.88. The van der Waals surface area contributed by atoms with E-state index in [2.05, 4.69) is 9.88 Å². The predicted octanol–water partition coefficient (Wildman–Crippen LogP) is 3.98. The maximum atomic E-state index is 12.8. The van der Waals surface area contributed by atoms with E-state index in [0.717, 1.165) is 44.5 Å². The van der Waals surface area contributed by atoms with Gasteiger partial charge in [0.05, 0.1) is 5.56 Å². The van der Waals surface area contributed by atoms with E-state index in [1.807, 2.05) is 0 Å². The standard InChI is InChI=1S/C20H22F3N3OS/c21-20(22,23)15-5-3-14(4-6-15)19-11-16(19)12-25(13-19)8-1-2-9-26-10-7-17(28)24-18(26)27/h3-7,10,16H,1-2,8-9,11-13H2,(H,24,27,28)/t16?,19-/m1/s1. The molecule has 0 spiro atoms. The number of halogens is 3. The van der Waals surface area contributed by atoms with Crippen LogP contribution in [0, 0.1) is 10.6 Å². The van der Waals surface area contributed by atoms with Crippen molar-refractivity contribution < 1.29 is 13.2 Å². The second-order valence-corrected chi connectivity index (χ2v) is 8.32. The van der Waals surface area contributed by atoms with Crippen LogP contribution >= 0.6 is 12.2 Å². The summed E-state index contributed by atoms with van der Waals surface area (Å²) in [6, 6.07) is 7.41. The average molecular weight is 409 g/mol. The van der Waals surface area contributed by atoms with Gasteiger partial charge in [-0.25, -0.2) is 4.79 Å². The highest BCUT2D eigenvalue weighted by molar-refractivity contribution is 7.71. The van der Waals surface area contributed by atoms with Gasteiger partial charge in [-0.3, -0.25) is 4.98 Å². The van der Waals surface area contributed by atoms with Crippen molar-refractivity contribution in [3.05, 3.63) is 62.8 Å². The molecule has 2 aliphatic rings. The first kappa shape index (κ1) is 19.4. The Morgan fingerprint density at radius 2 is 1.86 bits per heavy atom. The van der Waals surface area contributed by atoms with Crippen molar-refractivity contribution in [3.8, 4) is 0 Å². The molecule has 1 aliphatic carbocycles. The van der Waals surface area contributed by atoms with Crippen LogP contribution in [0.15, 0.2) is 41.3 Å². The van der Waals surface area contributed by atoms with Gasteiger partial charge in [-0.1, -0.05) is 24.4 Å². The van der Waals surface area contributed by atoms with Gasteiger partial charge >= 0.3 is 11.9 Å². The van der Waals surface area contributed by atoms with Crippen LogP contribution in [0.5, 0.6) is 0 Å². The molecule has 1 aromatic heterocycles. The zero-order valence-electron chi connectivity index (χ0n) is 15.3. The Morgan fingerprint density at radius 1 is 1.14 bits per heavy atom. The van der Waals surface area contributed by atoms with Gasteiger partial charge in [-0.2, -0.15) is 13.2 Å². The van der Waals surface area contributed by atoms with Crippen LogP contribution in [0.1, 0.15) is 30.4 Å². The fourth-order valence-electron chi connectivity index (χ4n) is 4.43. The summed E-state index contributed by atoms with van der Waals surface area (Å²) in [7, 11) is 0. The van der Waals surface area contributed by atoms with E-state index in [1.165, 1.54) is 12.1 Å². The topological polar surface area (TPSA) is 41.0 Å². The number of aromatic amines is 1. The highest BCUT2D eigenvalue weighted by Crippen LogP contribution is 2.59. The summed E-state index contributed by atoms with van der Waals surface area (Å²) in [6.45, 7) is 3.49. The number of fused-ring (bicyclic) bond motifs is 1. The number of aryl methyl sites for hydroxylation is 1. The maximum Gasteiger partial charge on any atom is 0.416 e. The molecule has 150 valence electrons. The molecule has 1 aromatic carbocycles. The number of nitrogens with zero attached hydrogens (tertiary/aromatic N) is 2. The lowest BCUT2D eigenvalue weighted by atomic mass is 9.94. The third-order valence-electron chi connectivity index (χ3n) is 6.02. The Hall–Kier alpha value is -1.93. The van der Waals surface area contributed by atoms with Crippen molar-refractivity contribution >= 4 is 12.2 Å². The molecule has 4 nitrogen and oxygen atoms in total. The number of likely N-dealkylation sites (tertiary alicyclic amines) is 1. The second kappa shape index (κ2) is 7.15. The van der Waals surface area contributed by atoms with E-state index in [-0.39, 0.29) is 11.1 Å². The van der Waals surface area contributed by atoms with Gasteiger partial charge in [0.2, 0.25) is 0 Å². The zero-order valence-corrected chi connectivity index (χ0v) is 16.2. The average Bonchev–Trinajstić information content (AvgIpc) is 3.21. The number of rotatable bonds is 6. The third kappa shape index (κ3) is 3.80. The lowest BCUT2D eigenvalue weighted by molar-refractivity contribution is -0.137. The zero-order chi connectivity index (χ0) is 19.9. The fraction of sp³-hybridized carbons (Fsp3) is 0.500. The monoisotopic (exact) mass is 409 g/mol. The Kier molecular flexibility index (Phi) is 4.95. The first-order chi connectivity index (χ1) is 13.3. The third-order valence-corrected chi connectivity index (χ3v) is 6.26. The summed E-state index contributed by atoms with van der Waals surface area (Å²) in [5, 5.41) is 0. The van der Waals surface area contributed by atoms with Gasteiger partial charge in [0, 0.05) is 31.2 Å². The van der Waals surface area contributed by atoms with Crippen LogP contribution in [0.2, 0.25) is 0 Å². The fourth-order valence-corrected chi connectivity index (χ4v) is 4.58. The smallest absolute Gasteiger partial charge is 0.302 e. The molecule has 2 heterocycles. The van der Waals surface area contributed by atoms with Crippen LogP contribution in [-0.2, 0) is 18.1 Å². The van der Waals surface area contributed by atoms with Gasteiger partial charge in [0.1, 0.15) is 4.64 Å². The number of H-pyrrole nitrogens is 1. The van der Waals surface area contributed by atoms with Crippen molar-refractivity contribution in [2.75, 3.05) is 19.6 Å². The molecule has 1 saturated carbocycles. The minimum Gasteiger partial charge on any atom is -0.302 e. The Morgan fingerprint density at radius 3 is 2.54 bits per heavy atom. The van der Waals surface area contributed by atoms with Gasteiger partial charge in [0.15, 0.2) is 0 Å². The Balaban J connectivity index is 1.29. The van der Waals surface area contributed by atoms with Crippen molar-refractivity contribution in [2.24, 2.45) is 5.92 Å². The molecule has 2 atom stereocenters. The molecular weight excluding hydrogens is 387 g/mol. The molecule has 8 heteroatoms. The number of unbranched alkanes of at least 4 members (excludes halogenated alkanes) is 1. The van der Waals surface area contributed by atoms with Gasteiger partial charge in [-0.05, 0) is 55.5 Å². The molecule has 0 bridgehead atoms. The molecular formula is C20H22F3N3OS. The summed E-state index contributed by atoms with van der Waals surface area (Å²) in [4.78, 5) is 16.8. The van der Waals surface area contributed by atoms with E-state index in [0.29, 0.717) is 17.1 Å². The van der Waals surface area contributed by atoms with E-state index >= 15 is 0 Å². The molecule has 2 aromatic rings. The molecule has 0 radical (unpaired) electrons. The van der Waals surface area contributed by atoms with Gasteiger partial charge in [0.25, 0.3) is 0 Å². The first-order valence-electron chi connectivity index (χ1n) is 9.48. The van der Waals surface area contributed by atoms with Crippen molar-refractivity contribution in [3.63, 3.8) is 0 Å². The highest BCUT2D eigenvalue weighted by atomic mass is 32.1. The van der Waals surface area contributed by atoms with Gasteiger partial charge < -0.3 is 9.47 Å². The number of alkyl halides is 3. The molecule has 2 fully saturated rings. The van der Waals surface area contributed by atoms with Crippen LogP contribution < -0.4 is 5.69 Å². The summed E-state index contributed by atoms with van der Waals surface area (Å²) >= 11 is 4.93. The number of aromatic nitrogens is 2. The van der Waals surface area contributed by atoms with E-state index in [9.17, 15) is 18.0 Å². The maximum absolute atomic E-state index is 12.8. The predicted molar refractivity (Wildman–Crippen MR) is 103 cm³/mol. The number of piperidine rings is 1. The van der Waals surface area contributed by atoms with E-state index in [4.69, 9.17) is 12.2 Å². The van der Waals surface area contributed by atoms with E-state index < -0.39 is 11.7 Å². The highest BCUT2D eigenvalue weighted by Gasteiger charge is 2.60. The number of hydrogen-bond acceptors (Lipinski definition) is 3. The summed E-state index contributed by atoms with van der Waals surface area (Å²) in [5.41, 5.74) is 0.293. The largest absolute Gasteiger partial charge is 0.416 e. The lowest BCUT2D eigenvalue weighted by Gasteiger charge is -2.21. The van der Waals surface area contributed by atoms with Crippen molar-refractivity contribution in [2.45, 2.75) is 37.4 Å². The lowest BCUT2D eigenvalue weighted by Crippen LogP contribution is -2.28. The quantitative estimate of drug-likeness (QED) is 0.580. The van der Waals surface area contributed by atoms with Crippen LogP contribution in [0.3, 0.4) is 0 Å². The Labute approximate surface area is 166 Å². The van der Waals surface area contributed by atoms with Crippen LogP contribution in [0.25, 0.3) is 0 Å². The number of benzene rings is 1. The number of hydrogen-bond donors (Lipinski definition) is 1. The molecule has 1 unspecified atom stereocenters. The SMILES string of the molecule is O=c1[nH]c(=S)ccn1CCCCN1CC2C[C@]2(c2ccc(C(F)(F)F)cc2)C1.